The molecule has 292 valence electrons. The Hall–Kier alpha value is -5.84. The first-order valence-electron chi connectivity index (χ1n) is 16.8. The van der Waals surface area contributed by atoms with Crippen molar-refractivity contribution in [2.75, 3.05) is 25.4 Å². The van der Waals surface area contributed by atoms with Gasteiger partial charge in [-0.15, -0.1) is 10.2 Å². The first-order chi connectivity index (χ1) is 27.7. The number of aryl methyl sites for hydroxylation is 1. The van der Waals surface area contributed by atoms with Crippen LogP contribution in [0.2, 0.25) is 0 Å². The van der Waals surface area contributed by atoms with Gasteiger partial charge in [0, 0.05) is 11.1 Å². The number of rotatable bonds is 11. The zero-order chi connectivity index (χ0) is 41.3. The number of benzene rings is 5. The number of hydrogen-bond acceptors (Lipinski definition) is 17. The largest absolute Gasteiger partial charge is 1.00 e. The maximum absolute atomic E-state index is 13.8. The van der Waals surface area contributed by atoms with Gasteiger partial charge in [0.25, 0.3) is 10.1 Å². The molecule has 1 aliphatic carbocycles. The number of nitrogen functional groups attached to an aromatic ring is 1. The number of anilines is 2. The van der Waals surface area contributed by atoms with E-state index < -0.39 is 43.8 Å². The van der Waals surface area contributed by atoms with Gasteiger partial charge in [-0.2, -0.15) is 39.2 Å². The molecule has 6 aromatic rings. The number of hydrazone groups is 1. The fourth-order valence-corrected chi connectivity index (χ4v) is 6.53. The van der Waals surface area contributed by atoms with Gasteiger partial charge in [-0.1, -0.05) is 23.9 Å². The molecule has 22 heteroatoms. The molecule has 0 unspecified atom stereocenters. The Bertz CT molecular complexity index is 2930. The molecule has 0 saturated heterocycles. The van der Waals surface area contributed by atoms with E-state index in [9.17, 15) is 32.8 Å². The number of carbonyl (C=O) groups is 2. The summed E-state index contributed by atoms with van der Waals surface area (Å²) >= 11 is 0. The zero-order valence-corrected chi connectivity index (χ0v) is 37.2. The molecule has 0 amide bonds. The Morgan fingerprint density at radius 2 is 1.53 bits per heavy atom. The van der Waals surface area contributed by atoms with Crippen molar-refractivity contribution in [3.63, 3.8) is 0 Å². The van der Waals surface area contributed by atoms with Crippen LogP contribution in [-0.4, -0.2) is 60.1 Å². The minimum absolute atomic E-state index is 0. The maximum Gasteiger partial charge on any atom is 1.00 e. The standard InChI is InChI=1S/C38H30N10O9S.2Na/c1-18-12-31(49)24(38(51)52)16-29(18)43-41-27-9-4-19(13-32(27)56-2)20-5-10-28(33(14-20)57-3)42-47-36-34(58(53,54)55)17-23-22(37(36)50)7-8-25(39)35(23)46-40-21-6-11-26-30(15-21)45-48-44-26;;/h4-17,42,49H,39H2,1-3H3,(H,51,52)(H,44,45,48)(H,53,54,55);;/q;2*+1/p-2. The predicted molar refractivity (Wildman–Crippen MR) is 208 cm³/mol. The molecule has 0 fully saturated rings. The molecule has 5 N–H and O–H groups in total. The van der Waals surface area contributed by atoms with Gasteiger partial charge in [0.05, 0.1) is 42.9 Å². The minimum Gasteiger partial charge on any atom is -0.872 e. The van der Waals surface area contributed by atoms with Crippen LogP contribution in [0.3, 0.4) is 0 Å². The molecule has 0 aliphatic heterocycles. The Kier molecular flexibility index (Phi) is 14.0. The molecule has 0 bridgehead atoms. The minimum atomic E-state index is -5.03. The van der Waals surface area contributed by atoms with Crippen LogP contribution >= 0.6 is 0 Å². The van der Waals surface area contributed by atoms with Gasteiger partial charge in [0.15, 0.2) is 5.71 Å². The Morgan fingerprint density at radius 3 is 2.23 bits per heavy atom. The molecule has 7 rings (SSSR count). The van der Waals surface area contributed by atoms with Gasteiger partial charge in [0.2, 0.25) is 5.78 Å². The van der Waals surface area contributed by atoms with Crippen molar-refractivity contribution in [2.45, 2.75) is 6.92 Å². The van der Waals surface area contributed by atoms with E-state index in [0.717, 1.165) is 18.2 Å². The van der Waals surface area contributed by atoms with E-state index in [0.29, 0.717) is 44.8 Å². The third kappa shape index (κ3) is 9.30. The number of nitrogens with two attached hydrogens (primary N) is 1. The molecule has 0 spiro atoms. The molecule has 5 aromatic carbocycles. The molecule has 0 atom stereocenters. The number of allylic oxidation sites excluding steroid dienone is 1. The van der Waals surface area contributed by atoms with Crippen molar-refractivity contribution in [3.8, 4) is 28.4 Å². The quantitative estimate of drug-likeness (QED) is 0.0429. The predicted octanol–water partition coefficient (Wildman–Crippen LogP) is -0.298. The number of ketones is 1. The first-order valence-corrected chi connectivity index (χ1v) is 18.2. The van der Waals surface area contributed by atoms with Crippen molar-refractivity contribution in [1.29, 1.82) is 0 Å². The smallest absolute Gasteiger partial charge is 0.872 e. The van der Waals surface area contributed by atoms with Crippen LogP contribution in [0.5, 0.6) is 17.2 Å². The number of hydrogen-bond donors (Lipinski definition) is 4. The summed E-state index contributed by atoms with van der Waals surface area (Å²) in [6.07, 6.45) is 1.04. The summed E-state index contributed by atoms with van der Waals surface area (Å²) in [4.78, 5) is 24.3. The summed E-state index contributed by atoms with van der Waals surface area (Å²) in [6, 6.07) is 19.9. The number of Topliss-reactive ketones (excluding diaryl/α,β-unsaturated/α-hetero) is 1. The van der Waals surface area contributed by atoms with Gasteiger partial charge in [-0.25, -0.2) is 0 Å². The first kappa shape index (κ1) is 45.2. The summed E-state index contributed by atoms with van der Waals surface area (Å²) in [5.74, 6) is -2.62. The molecule has 1 heterocycles. The second-order valence-electron chi connectivity index (χ2n) is 12.5. The van der Waals surface area contributed by atoms with Crippen LogP contribution in [0.15, 0.2) is 109 Å². The number of ether oxygens (including phenoxy) is 2. The fraction of sp³-hybridized carbons (Fsp3) is 0.0789. The van der Waals surface area contributed by atoms with E-state index in [1.807, 2.05) is 0 Å². The average Bonchev–Trinajstić information content (AvgIpc) is 3.67. The van der Waals surface area contributed by atoms with Crippen LogP contribution in [-0.2, 0) is 10.1 Å². The van der Waals surface area contributed by atoms with Crippen molar-refractivity contribution in [1.82, 2.24) is 15.4 Å². The normalized spacial score (nSPS) is 13.2. The number of carbonyl (C=O) groups excluding carboxylic acids is 2. The van der Waals surface area contributed by atoms with E-state index in [1.165, 1.54) is 26.4 Å². The summed E-state index contributed by atoms with van der Waals surface area (Å²) in [7, 11) is -2.20. The molecule has 60 heavy (non-hydrogen) atoms. The monoisotopic (exact) mass is 846 g/mol. The number of carboxylic acid groups (broad SMARTS) is 1. The second-order valence-corrected chi connectivity index (χ2v) is 13.9. The number of aromatic nitrogens is 3. The Labute approximate surface area is 384 Å². The van der Waals surface area contributed by atoms with Gasteiger partial charge in [-0.3, -0.25) is 14.8 Å². The zero-order valence-electron chi connectivity index (χ0n) is 32.4. The molecule has 0 radical (unpaired) electrons. The van der Waals surface area contributed by atoms with Crippen LogP contribution in [0, 0.1) is 6.92 Å². The van der Waals surface area contributed by atoms with E-state index in [2.05, 4.69) is 46.4 Å². The number of aromatic amines is 1. The SMILES string of the molecule is COc1cc(-c2ccc(NN=C3C(=O)c4ccc(N)c(N=Nc5ccc6n[nH]nc6c5)c4C=C3S(=O)(=O)O)c(OC)c2)ccc1N=Nc1cc(C(=O)[O-])c([O-])cc1C.[Na+].[Na+]. The fourth-order valence-electron chi connectivity index (χ4n) is 5.88. The van der Waals surface area contributed by atoms with Crippen LogP contribution < -0.4 is 90.0 Å². The van der Waals surface area contributed by atoms with Crippen molar-refractivity contribution in [2.24, 2.45) is 25.6 Å². The maximum atomic E-state index is 13.8. The molecular weight excluding hydrogens is 819 g/mol. The third-order valence-corrected chi connectivity index (χ3v) is 9.71. The number of nitrogens with zero attached hydrogens (tertiary/aromatic N) is 7. The number of nitrogens with one attached hydrogen (secondary N) is 2. The van der Waals surface area contributed by atoms with Gasteiger partial charge in [0.1, 0.15) is 38.8 Å². The third-order valence-electron chi connectivity index (χ3n) is 8.85. The Morgan fingerprint density at radius 1 is 0.850 bits per heavy atom. The average molecular weight is 847 g/mol. The van der Waals surface area contributed by atoms with Crippen LogP contribution in [0.4, 0.5) is 34.1 Å². The topological polar surface area (TPSA) is 295 Å². The number of methoxy groups -OCH3 is 2. The summed E-state index contributed by atoms with van der Waals surface area (Å²) < 4.78 is 46.6. The second kappa shape index (κ2) is 18.6. The number of aromatic carboxylic acids is 1. The summed E-state index contributed by atoms with van der Waals surface area (Å²) in [6.45, 7) is 1.59. The van der Waals surface area contributed by atoms with E-state index in [4.69, 9.17) is 15.2 Å². The number of carboxylic acids is 1. The van der Waals surface area contributed by atoms with Crippen molar-refractivity contribution in [3.05, 3.63) is 106 Å². The van der Waals surface area contributed by atoms with E-state index in [1.54, 1.807) is 61.5 Å². The van der Waals surface area contributed by atoms with Gasteiger partial charge >= 0.3 is 59.1 Å². The molecule has 0 saturated carbocycles. The Balaban J connectivity index is 0.00000341. The molecular formula is C38H28N10Na2O9S. The molecule has 1 aliphatic rings. The van der Waals surface area contributed by atoms with Crippen LogP contribution in [0.1, 0.15) is 31.8 Å². The van der Waals surface area contributed by atoms with E-state index in [-0.39, 0.29) is 98.7 Å². The van der Waals surface area contributed by atoms with Crippen LogP contribution in [0.25, 0.3) is 28.2 Å². The van der Waals surface area contributed by atoms with Gasteiger partial charge < -0.3 is 30.2 Å². The van der Waals surface area contributed by atoms with Gasteiger partial charge in [-0.05, 0) is 95.9 Å². The summed E-state index contributed by atoms with van der Waals surface area (Å²) in [5, 5.41) is 54.6. The number of azo groups is 2. The number of H-pyrrole nitrogens is 1. The van der Waals surface area contributed by atoms with E-state index >= 15 is 0 Å². The van der Waals surface area contributed by atoms with Crippen molar-refractivity contribution >= 4 is 78.8 Å². The molecule has 1 aromatic heterocycles. The summed E-state index contributed by atoms with van der Waals surface area (Å²) in [5.41, 5.74) is 11.7. The molecule has 19 nitrogen and oxygen atoms in total. The van der Waals surface area contributed by atoms with Crippen molar-refractivity contribution < 1.29 is 101 Å². The number of fused-ring (bicyclic) bond motifs is 2.